The number of piperazine rings is 1. The Hall–Kier alpha value is -1.52. The molecule has 0 bridgehead atoms. The number of ether oxygens (including phenoxy) is 1. The van der Waals surface area contributed by atoms with Crippen molar-refractivity contribution < 1.29 is 9.53 Å². The molecule has 0 spiro atoms. The minimum Gasteiger partial charge on any atom is -0.444 e. The van der Waals surface area contributed by atoms with Crippen LogP contribution in [0.4, 0.5) is 4.79 Å². The predicted octanol–water partition coefficient (Wildman–Crippen LogP) is 5.76. The number of carbonyl (C=O) groups is 1. The number of nitrogens with zero attached hydrogens (tertiary/aromatic N) is 1. The largest absolute Gasteiger partial charge is 0.444 e. The van der Waals surface area contributed by atoms with E-state index in [9.17, 15) is 4.79 Å². The van der Waals surface area contributed by atoms with Gasteiger partial charge in [-0.3, -0.25) is 0 Å². The van der Waals surface area contributed by atoms with Crippen LogP contribution < -0.4 is 5.32 Å². The summed E-state index contributed by atoms with van der Waals surface area (Å²) in [4.78, 5) is 14.6. The highest BCUT2D eigenvalue weighted by Gasteiger charge is 2.30. The maximum atomic E-state index is 12.7. The van der Waals surface area contributed by atoms with Crippen molar-refractivity contribution in [1.82, 2.24) is 10.2 Å². The molecule has 0 radical (unpaired) electrons. The van der Waals surface area contributed by atoms with Crippen LogP contribution in [0, 0.1) is 5.92 Å². The van der Waals surface area contributed by atoms with Crippen LogP contribution in [0.25, 0.3) is 5.57 Å². The maximum Gasteiger partial charge on any atom is 0.410 e. The van der Waals surface area contributed by atoms with Gasteiger partial charge in [-0.05, 0) is 69.7 Å². The molecule has 1 aromatic rings. The summed E-state index contributed by atoms with van der Waals surface area (Å²) in [6.07, 6.45) is 1.61. The second-order valence-electron chi connectivity index (χ2n) is 9.10. The van der Waals surface area contributed by atoms with Crippen LogP contribution in [0.2, 0.25) is 5.02 Å². The number of halogens is 1. The zero-order chi connectivity index (χ0) is 20.9. The Kier molecular flexibility index (Phi) is 7.97. The molecule has 1 amide bonds. The molecular formula is C23H35ClN2O2. The summed E-state index contributed by atoms with van der Waals surface area (Å²) in [5.41, 5.74) is 3.39. The third-order valence-corrected chi connectivity index (χ3v) is 5.09. The van der Waals surface area contributed by atoms with Gasteiger partial charge in [-0.2, -0.15) is 0 Å². The smallest absolute Gasteiger partial charge is 0.410 e. The molecule has 0 aromatic heterocycles. The zero-order valence-electron chi connectivity index (χ0n) is 18.1. The number of nitrogens with one attached hydrogen (secondary N) is 1. The number of hydrogen-bond donors (Lipinski definition) is 1. The molecular weight excluding hydrogens is 372 g/mol. The molecule has 1 aliphatic rings. The molecule has 1 aromatic carbocycles. The summed E-state index contributed by atoms with van der Waals surface area (Å²) < 4.78 is 5.64. The minimum absolute atomic E-state index is 0.0954. The van der Waals surface area contributed by atoms with Gasteiger partial charge in [0.05, 0.1) is 6.04 Å². The average molecular weight is 407 g/mol. The highest BCUT2D eigenvalue weighted by molar-refractivity contribution is 6.30. The highest BCUT2D eigenvalue weighted by atomic mass is 35.5. The van der Waals surface area contributed by atoms with E-state index < -0.39 is 5.60 Å². The number of allylic oxidation sites excluding steroid dienone is 1. The lowest BCUT2D eigenvalue weighted by atomic mass is 9.89. The Bertz CT molecular complexity index is 690. The van der Waals surface area contributed by atoms with Gasteiger partial charge in [0.2, 0.25) is 0 Å². The average Bonchev–Trinajstić information content (AvgIpc) is 2.59. The second kappa shape index (κ2) is 9.80. The lowest BCUT2D eigenvalue weighted by molar-refractivity contribution is 0.0122. The van der Waals surface area contributed by atoms with E-state index in [4.69, 9.17) is 16.3 Å². The van der Waals surface area contributed by atoms with Crippen molar-refractivity contribution in [3.63, 3.8) is 0 Å². The highest BCUT2D eigenvalue weighted by Crippen LogP contribution is 2.30. The number of carbonyl (C=O) groups excluding carboxylic acids is 1. The van der Waals surface area contributed by atoms with Crippen molar-refractivity contribution in [2.45, 2.75) is 66.0 Å². The van der Waals surface area contributed by atoms with Crippen molar-refractivity contribution in [3.8, 4) is 0 Å². The number of rotatable bonds is 5. The molecule has 2 rings (SSSR count). The Morgan fingerprint density at radius 3 is 2.50 bits per heavy atom. The molecule has 156 valence electrons. The monoisotopic (exact) mass is 406 g/mol. The van der Waals surface area contributed by atoms with Crippen LogP contribution in [0.5, 0.6) is 0 Å². The van der Waals surface area contributed by atoms with Crippen LogP contribution in [0.1, 0.15) is 59.9 Å². The second-order valence-corrected chi connectivity index (χ2v) is 9.54. The summed E-state index contributed by atoms with van der Waals surface area (Å²) >= 11 is 6.08. The van der Waals surface area contributed by atoms with E-state index in [2.05, 4.69) is 38.2 Å². The summed E-state index contributed by atoms with van der Waals surface area (Å²) in [6, 6.07) is 8.17. The molecule has 1 aliphatic heterocycles. The van der Waals surface area contributed by atoms with E-state index in [0.29, 0.717) is 12.5 Å². The van der Waals surface area contributed by atoms with Gasteiger partial charge in [-0.25, -0.2) is 4.79 Å². The molecule has 1 atom stereocenters. The Balaban J connectivity index is 2.25. The molecule has 1 heterocycles. The molecule has 1 saturated heterocycles. The lowest BCUT2D eigenvalue weighted by Crippen LogP contribution is -2.54. The maximum absolute atomic E-state index is 12.7. The van der Waals surface area contributed by atoms with Crippen molar-refractivity contribution >= 4 is 23.3 Å². The van der Waals surface area contributed by atoms with Gasteiger partial charge < -0.3 is 15.0 Å². The van der Waals surface area contributed by atoms with Gasteiger partial charge in [-0.1, -0.05) is 43.2 Å². The standard InChI is InChI=1S/C23H35ClN2O2/c1-16(2)13-21(18-7-9-19(24)10-8-18)17(3)14-20-15-25-11-12-26(20)22(27)28-23(4,5)6/h7-10,16,20,25H,11-15H2,1-6H3. The fourth-order valence-electron chi connectivity index (χ4n) is 3.58. The van der Waals surface area contributed by atoms with Crippen LogP contribution >= 0.6 is 11.6 Å². The Morgan fingerprint density at radius 1 is 1.29 bits per heavy atom. The van der Waals surface area contributed by atoms with E-state index in [-0.39, 0.29) is 12.1 Å². The Morgan fingerprint density at radius 2 is 1.93 bits per heavy atom. The Labute approximate surface area is 175 Å². The number of benzene rings is 1. The predicted molar refractivity (Wildman–Crippen MR) is 118 cm³/mol. The normalized spacial score (nSPS) is 18.9. The van der Waals surface area contributed by atoms with Crippen molar-refractivity contribution in [2.75, 3.05) is 19.6 Å². The van der Waals surface area contributed by atoms with E-state index in [1.807, 2.05) is 37.8 Å². The topological polar surface area (TPSA) is 41.6 Å². The van der Waals surface area contributed by atoms with Crippen molar-refractivity contribution in [3.05, 3.63) is 40.4 Å². The first-order chi connectivity index (χ1) is 13.1. The van der Waals surface area contributed by atoms with E-state index >= 15 is 0 Å². The summed E-state index contributed by atoms with van der Waals surface area (Å²) in [6.45, 7) is 14.6. The zero-order valence-corrected chi connectivity index (χ0v) is 18.9. The first kappa shape index (κ1) is 22.8. The number of amides is 1. The lowest BCUT2D eigenvalue weighted by Gasteiger charge is -2.37. The number of hydrogen-bond acceptors (Lipinski definition) is 3. The fraction of sp³-hybridized carbons (Fsp3) is 0.609. The molecule has 1 N–H and O–H groups in total. The van der Waals surface area contributed by atoms with Gasteiger partial charge >= 0.3 is 6.09 Å². The van der Waals surface area contributed by atoms with Gasteiger partial charge in [0.25, 0.3) is 0 Å². The summed E-state index contributed by atoms with van der Waals surface area (Å²) in [5.74, 6) is 0.548. The summed E-state index contributed by atoms with van der Waals surface area (Å²) in [5, 5.41) is 4.17. The van der Waals surface area contributed by atoms with Crippen LogP contribution in [0.15, 0.2) is 29.8 Å². The van der Waals surface area contributed by atoms with Crippen molar-refractivity contribution in [1.29, 1.82) is 0 Å². The molecule has 1 fully saturated rings. The minimum atomic E-state index is -0.483. The first-order valence-electron chi connectivity index (χ1n) is 10.2. The van der Waals surface area contributed by atoms with Crippen LogP contribution in [0.3, 0.4) is 0 Å². The SMILES string of the molecule is CC(CC1CNCCN1C(=O)OC(C)(C)C)=C(CC(C)C)c1ccc(Cl)cc1. The van der Waals surface area contributed by atoms with Crippen molar-refractivity contribution in [2.24, 2.45) is 5.92 Å². The van der Waals surface area contributed by atoms with E-state index in [1.165, 1.54) is 16.7 Å². The van der Waals surface area contributed by atoms with E-state index in [1.54, 1.807) is 0 Å². The molecule has 28 heavy (non-hydrogen) atoms. The van der Waals surface area contributed by atoms with E-state index in [0.717, 1.165) is 31.0 Å². The third-order valence-electron chi connectivity index (χ3n) is 4.84. The quantitative estimate of drug-likeness (QED) is 0.675. The third kappa shape index (κ3) is 6.82. The van der Waals surface area contributed by atoms with Gasteiger partial charge in [-0.15, -0.1) is 0 Å². The fourth-order valence-corrected chi connectivity index (χ4v) is 3.70. The van der Waals surface area contributed by atoms with Gasteiger partial charge in [0, 0.05) is 24.7 Å². The molecule has 4 nitrogen and oxygen atoms in total. The molecule has 0 saturated carbocycles. The first-order valence-corrected chi connectivity index (χ1v) is 10.6. The molecule has 5 heteroatoms. The molecule has 0 aliphatic carbocycles. The summed E-state index contributed by atoms with van der Waals surface area (Å²) in [7, 11) is 0. The van der Waals surface area contributed by atoms with Gasteiger partial charge in [0.1, 0.15) is 5.60 Å². The van der Waals surface area contributed by atoms with Crippen LogP contribution in [-0.4, -0.2) is 42.3 Å². The van der Waals surface area contributed by atoms with Gasteiger partial charge in [0.15, 0.2) is 0 Å². The molecule has 1 unspecified atom stereocenters. The van der Waals surface area contributed by atoms with Crippen LogP contribution in [-0.2, 0) is 4.74 Å².